The molecular formula is C24H32N4O2. The van der Waals surface area contributed by atoms with Crippen LogP contribution in [-0.4, -0.2) is 54.9 Å². The SMILES string of the molecule is Cc1nccc(-c2ccccc2)c1C(=O)NC[C@@H]1CCC[C@H](NC(=O)CN(C)C)C1. The Morgan fingerprint density at radius 1 is 1.13 bits per heavy atom. The van der Waals surface area contributed by atoms with Crippen LogP contribution in [0.4, 0.5) is 0 Å². The van der Waals surface area contributed by atoms with Crippen molar-refractivity contribution in [2.24, 2.45) is 5.92 Å². The summed E-state index contributed by atoms with van der Waals surface area (Å²) in [6, 6.07) is 12.0. The number of nitrogens with zero attached hydrogens (tertiary/aromatic N) is 2. The largest absolute Gasteiger partial charge is 0.352 e. The molecule has 160 valence electrons. The summed E-state index contributed by atoms with van der Waals surface area (Å²) in [5, 5.41) is 6.26. The quantitative estimate of drug-likeness (QED) is 0.739. The van der Waals surface area contributed by atoms with E-state index in [1.807, 2.05) is 62.3 Å². The van der Waals surface area contributed by atoms with Gasteiger partial charge in [0.1, 0.15) is 0 Å². The van der Waals surface area contributed by atoms with E-state index in [0.29, 0.717) is 24.6 Å². The van der Waals surface area contributed by atoms with E-state index in [4.69, 9.17) is 0 Å². The van der Waals surface area contributed by atoms with Gasteiger partial charge in [0.25, 0.3) is 5.91 Å². The minimum absolute atomic E-state index is 0.0631. The second-order valence-corrected chi connectivity index (χ2v) is 8.43. The number of carbonyl (C=O) groups is 2. The van der Waals surface area contributed by atoms with Crippen LogP contribution in [0.1, 0.15) is 41.7 Å². The number of pyridine rings is 1. The molecule has 1 aromatic heterocycles. The number of hydrogen-bond donors (Lipinski definition) is 2. The Bertz CT molecular complexity index is 867. The summed E-state index contributed by atoms with van der Waals surface area (Å²) in [5.41, 5.74) is 3.27. The van der Waals surface area contributed by atoms with Gasteiger partial charge in [-0.15, -0.1) is 0 Å². The molecule has 1 heterocycles. The van der Waals surface area contributed by atoms with Gasteiger partial charge in [-0.3, -0.25) is 14.6 Å². The molecule has 1 fully saturated rings. The minimum Gasteiger partial charge on any atom is -0.352 e. The van der Waals surface area contributed by atoms with E-state index in [1.54, 1.807) is 6.20 Å². The predicted molar refractivity (Wildman–Crippen MR) is 119 cm³/mol. The third kappa shape index (κ3) is 5.89. The number of likely N-dealkylation sites (N-methyl/N-ethyl adjacent to an activating group) is 1. The van der Waals surface area contributed by atoms with Gasteiger partial charge >= 0.3 is 0 Å². The van der Waals surface area contributed by atoms with E-state index < -0.39 is 0 Å². The van der Waals surface area contributed by atoms with Gasteiger partial charge in [-0.1, -0.05) is 36.8 Å². The molecule has 1 aromatic carbocycles. The molecule has 0 bridgehead atoms. The third-order valence-corrected chi connectivity index (χ3v) is 5.61. The van der Waals surface area contributed by atoms with Crippen LogP contribution in [0.3, 0.4) is 0 Å². The molecule has 2 amide bonds. The Balaban J connectivity index is 1.61. The smallest absolute Gasteiger partial charge is 0.253 e. The first-order valence-corrected chi connectivity index (χ1v) is 10.7. The second-order valence-electron chi connectivity index (χ2n) is 8.43. The number of hydrogen-bond acceptors (Lipinski definition) is 4. The zero-order chi connectivity index (χ0) is 21.5. The first-order valence-electron chi connectivity index (χ1n) is 10.7. The zero-order valence-corrected chi connectivity index (χ0v) is 18.1. The third-order valence-electron chi connectivity index (χ3n) is 5.61. The number of amides is 2. The van der Waals surface area contributed by atoms with Crippen LogP contribution in [0.15, 0.2) is 42.6 Å². The lowest BCUT2D eigenvalue weighted by Gasteiger charge is -2.30. The summed E-state index contributed by atoms with van der Waals surface area (Å²) < 4.78 is 0. The summed E-state index contributed by atoms with van der Waals surface area (Å²) in [7, 11) is 3.78. The highest BCUT2D eigenvalue weighted by atomic mass is 16.2. The van der Waals surface area contributed by atoms with Gasteiger partial charge in [0.2, 0.25) is 5.91 Å². The summed E-state index contributed by atoms with van der Waals surface area (Å²) >= 11 is 0. The van der Waals surface area contributed by atoms with E-state index in [9.17, 15) is 9.59 Å². The summed E-state index contributed by atoms with van der Waals surface area (Å²) in [5.74, 6) is 0.343. The van der Waals surface area contributed by atoms with Crippen LogP contribution in [0.2, 0.25) is 0 Å². The Labute approximate surface area is 179 Å². The topological polar surface area (TPSA) is 74.3 Å². The number of carbonyl (C=O) groups excluding carboxylic acids is 2. The van der Waals surface area contributed by atoms with Crippen molar-refractivity contribution in [3.05, 3.63) is 53.9 Å². The van der Waals surface area contributed by atoms with E-state index in [0.717, 1.165) is 42.5 Å². The van der Waals surface area contributed by atoms with Crippen LogP contribution < -0.4 is 10.6 Å². The molecule has 3 rings (SSSR count). The molecule has 0 unspecified atom stereocenters. The second kappa shape index (κ2) is 10.3. The first-order chi connectivity index (χ1) is 14.4. The lowest BCUT2D eigenvalue weighted by molar-refractivity contribution is -0.122. The maximum Gasteiger partial charge on any atom is 0.253 e. The molecule has 1 saturated carbocycles. The van der Waals surface area contributed by atoms with Crippen molar-refractivity contribution in [1.29, 1.82) is 0 Å². The molecule has 0 aliphatic heterocycles. The van der Waals surface area contributed by atoms with Gasteiger partial charge < -0.3 is 15.5 Å². The Hall–Kier alpha value is -2.73. The van der Waals surface area contributed by atoms with Gasteiger partial charge in [0.05, 0.1) is 17.8 Å². The van der Waals surface area contributed by atoms with Crippen LogP contribution >= 0.6 is 0 Å². The van der Waals surface area contributed by atoms with Crippen LogP contribution in [0.25, 0.3) is 11.1 Å². The maximum absolute atomic E-state index is 13.1. The van der Waals surface area contributed by atoms with E-state index in [1.165, 1.54) is 0 Å². The highest BCUT2D eigenvalue weighted by molar-refractivity contribution is 6.01. The standard InChI is InChI=1S/C24H32N4O2/c1-17-23(21(12-13-25-17)19-9-5-4-6-10-19)24(30)26-15-18-8-7-11-20(14-18)27-22(29)16-28(2)3/h4-6,9-10,12-13,18,20H,7-8,11,14-16H2,1-3H3,(H,26,30)(H,27,29)/t18-,20+/m1/s1. The fraction of sp³-hybridized carbons (Fsp3) is 0.458. The highest BCUT2D eigenvalue weighted by Crippen LogP contribution is 2.26. The average molecular weight is 409 g/mol. The molecule has 6 nitrogen and oxygen atoms in total. The number of aryl methyl sites for hydroxylation is 1. The van der Waals surface area contributed by atoms with Crippen molar-refractivity contribution in [2.75, 3.05) is 27.2 Å². The molecule has 2 N–H and O–H groups in total. The Kier molecular flexibility index (Phi) is 7.57. The van der Waals surface area contributed by atoms with Crippen LogP contribution in [0.5, 0.6) is 0 Å². The Morgan fingerprint density at radius 2 is 1.90 bits per heavy atom. The van der Waals surface area contributed by atoms with Crippen molar-refractivity contribution < 1.29 is 9.59 Å². The summed E-state index contributed by atoms with van der Waals surface area (Å²) in [4.78, 5) is 31.3. The summed E-state index contributed by atoms with van der Waals surface area (Å²) in [6.07, 6.45) is 5.78. The molecule has 1 aliphatic carbocycles. The van der Waals surface area contributed by atoms with Gasteiger partial charge in [-0.05, 0) is 63.4 Å². The van der Waals surface area contributed by atoms with Crippen molar-refractivity contribution in [2.45, 2.75) is 38.6 Å². The molecule has 2 aromatic rings. The number of benzene rings is 1. The summed E-state index contributed by atoms with van der Waals surface area (Å²) in [6.45, 7) is 2.89. The highest BCUT2D eigenvalue weighted by Gasteiger charge is 2.24. The van der Waals surface area contributed by atoms with Gasteiger partial charge in [0.15, 0.2) is 0 Å². The molecule has 2 atom stereocenters. The fourth-order valence-corrected chi connectivity index (χ4v) is 4.20. The molecule has 0 radical (unpaired) electrons. The average Bonchev–Trinajstić information content (AvgIpc) is 2.72. The zero-order valence-electron chi connectivity index (χ0n) is 18.1. The van der Waals surface area contributed by atoms with Crippen molar-refractivity contribution in [1.82, 2.24) is 20.5 Å². The molecule has 6 heteroatoms. The lowest BCUT2D eigenvalue weighted by atomic mass is 9.85. The number of nitrogens with one attached hydrogen (secondary N) is 2. The van der Waals surface area contributed by atoms with Crippen LogP contribution in [0, 0.1) is 12.8 Å². The van der Waals surface area contributed by atoms with Crippen LogP contribution in [-0.2, 0) is 4.79 Å². The molecule has 0 saturated heterocycles. The molecular weight excluding hydrogens is 376 g/mol. The lowest BCUT2D eigenvalue weighted by Crippen LogP contribution is -2.44. The minimum atomic E-state index is -0.0850. The van der Waals surface area contributed by atoms with Gasteiger partial charge in [-0.25, -0.2) is 0 Å². The van der Waals surface area contributed by atoms with Gasteiger partial charge in [-0.2, -0.15) is 0 Å². The maximum atomic E-state index is 13.1. The van der Waals surface area contributed by atoms with Crippen molar-refractivity contribution >= 4 is 11.8 Å². The first kappa shape index (κ1) is 22.0. The monoisotopic (exact) mass is 408 g/mol. The van der Waals surface area contributed by atoms with E-state index in [-0.39, 0.29) is 17.9 Å². The molecule has 30 heavy (non-hydrogen) atoms. The predicted octanol–water partition coefficient (Wildman–Crippen LogP) is 3.02. The van der Waals surface area contributed by atoms with Crippen molar-refractivity contribution in [3.8, 4) is 11.1 Å². The van der Waals surface area contributed by atoms with Gasteiger partial charge in [0, 0.05) is 18.8 Å². The van der Waals surface area contributed by atoms with E-state index in [2.05, 4.69) is 15.6 Å². The normalized spacial score (nSPS) is 18.8. The van der Waals surface area contributed by atoms with E-state index >= 15 is 0 Å². The number of rotatable bonds is 7. The molecule has 0 spiro atoms. The Morgan fingerprint density at radius 3 is 2.63 bits per heavy atom. The number of aromatic nitrogens is 1. The molecule has 1 aliphatic rings. The van der Waals surface area contributed by atoms with Crippen molar-refractivity contribution in [3.63, 3.8) is 0 Å². The fourth-order valence-electron chi connectivity index (χ4n) is 4.20.